The van der Waals surface area contributed by atoms with Gasteiger partial charge in [0.25, 0.3) is 6.43 Å². The average molecular weight is 314 g/mol. The number of nitro groups is 1. The van der Waals surface area contributed by atoms with Crippen molar-refractivity contribution in [3.63, 3.8) is 0 Å². The van der Waals surface area contributed by atoms with Crippen molar-refractivity contribution in [2.75, 3.05) is 0 Å². The first-order valence-electron chi connectivity index (χ1n) is 5.32. The Balaban J connectivity index is 3.98. The van der Waals surface area contributed by atoms with E-state index in [9.17, 15) is 36.9 Å². The lowest BCUT2D eigenvalue weighted by atomic mass is 9.99. The molecule has 21 heavy (non-hydrogen) atoms. The van der Waals surface area contributed by atoms with Gasteiger partial charge >= 0.3 is 17.8 Å². The molecule has 1 heterocycles. The second-order valence-electron chi connectivity index (χ2n) is 3.76. The number of carbonyl (C=O) groups is 1. The van der Waals surface area contributed by atoms with Crippen molar-refractivity contribution in [2.45, 2.75) is 25.9 Å². The van der Waals surface area contributed by atoms with Crippen LogP contribution in [0.1, 0.15) is 40.7 Å². The highest BCUT2D eigenvalue weighted by Crippen LogP contribution is 2.39. The summed E-state index contributed by atoms with van der Waals surface area (Å²) in [5.41, 5.74) is -7.61. The van der Waals surface area contributed by atoms with E-state index < -0.39 is 58.1 Å². The standard InChI is InChI=1S/C10H7F5N2O4/c1-2-3-4(9(18)19)7(10(13,14)15)16-5(8(11)12)6(3)17(20)21/h8H,2H2,1H3,(H,18,19). The van der Waals surface area contributed by atoms with Crippen molar-refractivity contribution in [2.24, 2.45) is 0 Å². The van der Waals surface area contributed by atoms with E-state index in [1.165, 1.54) is 0 Å². The molecule has 0 saturated heterocycles. The van der Waals surface area contributed by atoms with Crippen LogP contribution in [-0.4, -0.2) is 21.0 Å². The molecule has 1 aromatic rings. The summed E-state index contributed by atoms with van der Waals surface area (Å²) < 4.78 is 63.7. The summed E-state index contributed by atoms with van der Waals surface area (Å²) in [5, 5.41) is 19.6. The summed E-state index contributed by atoms with van der Waals surface area (Å²) in [5.74, 6) is -2.13. The maximum Gasteiger partial charge on any atom is 0.434 e. The maximum atomic E-state index is 12.8. The number of rotatable bonds is 4. The lowest BCUT2D eigenvalue weighted by Crippen LogP contribution is -2.21. The number of carboxylic acids is 1. The number of nitrogens with zero attached hydrogens (tertiary/aromatic N) is 2. The number of hydrogen-bond acceptors (Lipinski definition) is 4. The molecule has 0 aliphatic rings. The normalized spacial score (nSPS) is 11.8. The molecular formula is C10H7F5N2O4. The Labute approximate surface area is 113 Å². The van der Waals surface area contributed by atoms with Crippen LogP contribution in [-0.2, 0) is 12.6 Å². The van der Waals surface area contributed by atoms with Gasteiger partial charge in [0.15, 0.2) is 11.4 Å². The molecule has 0 unspecified atom stereocenters. The van der Waals surface area contributed by atoms with Crippen molar-refractivity contribution in [1.29, 1.82) is 0 Å². The number of carboxylic acid groups (broad SMARTS) is 1. The van der Waals surface area contributed by atoms with Crippen LogP contribution in [0.4, 0.5) is 27.6 Å². The van der Waals surface area contributed by atoms with E-state index in [1.54, 1.807) is 0 Å². The van der Waals surface area contributed by atoms with Crippen molar-refractivity contribution in [3.05, 3.63) is 32.6 Å². The van der Waals surface area contributed by atoms with Crippen LogP contribution in [0, 0.1) is 10.1 Å². The minimum atomic E-state index is -5.34. The van der Waals surface area contributed by atoms with Crippen LogP contribution in [0.25, 0.3) is 0 Å². The minimum Gasteiger partial charge on any atom is -0.478 e. The van der Waals surface area contributed by atoms with Gasteiger partial charge in [-0.15, -0.1) is 0 Å². The number of alkyl halides is 5. The molecule has 0 amide bonds. The fraction of sp³-hybridized carbons (Fsp3) is 0.400. The Morgan fingerprint density at radius 3 is 2.24 bits per heavy atom. The van der Waals surface area contributed by atoms with Crippen LogP contribution < -0.4 is 0 Å². The van der Waals surface area contributed by atoms with E-state index in [1.807, 2.05) is 0 Å². The summed E-state index contributed by atoms with van der Waals surface area (Å²) in [6.45, 7) is 1.12. The summed E-state index contributed by atoms with van der Waals surface area (Å²) in [6, 6.07) is 0. The number of aromatic carboxylic acids is 1. The topological polar surface area (TPSA) is 93.3 Å². The van der Waals surface area contributed by atoms with Crippen molar-refractivity contribution in [3.8, 4) is 0 Å². The van der Waals surface area contributed by atoms with Gasteiger partial charge in [0.05, 0.1) is 4.92 Å². The Bertz CT molecular complexity index is 600. The number of halogens is 5. The van der Waals surface area contributed by atoms with Gasteiger partial charge in [0.2, 0.25) is 0 Å². The molecule has 0 spiro atoms. The Hall–Kier alpha value is -2.33. The van der Waals surface area contributed by atoms with E-state index in [4.69, 9.17) is 5.11 Å². The van der Waals surface area contributed by atoms with Crippen molar-refractivity contribution >= 4 is 11.7 Å². The number of hydrogen-bond donors (Lipinski definition) is 1. The van der Waals surface area contributed by atoms with E-state index in [2.05, 4.69) is 4.98 Å². The fourth-order valence-electron chi connectivity index (χ4n) is 1.78. The predicted octanol–water partition coefficient (Wildman–Crippen LogP) is 3.21. The van der Waals surface area contributed by atoms with Crippen LogP contribution >= 0.6 is 0 Å². The molecule has 0 bridgehead atoms. The SMILES string of the molecule is CCc1c(C(=O)O)c(C(F)(F)F)nc(C(F)F)c1[N+](=O)[O-]. The quantitative estimate of drug-likeness (QED) is 0.523. The molecule has 0 saturated carbocycles. The first kappa shape index (κ1) is 16.7. The van der Waals surface area contributed by atoms with Gasteiger partial charge in [-0.05, 0) is 6.42 Å². The van der Waals surface area contributed by atoms with Crippen LogP contribution in [0.2, 0.25) is 0 Å². The zero-order valence-corrected chi connectivity index (χ0v) is 10.2. The number of aromatic nitrogens is 1. The largest absolute Gasteiger partial charge is 0.478 e. The third-order valence-electron chi connectivity index (χ3n) is 2.52. The molecule has 0 aliphatic heterocycles. The second-order valence-corrected chi connectivity index (χ2v) is 3.76. The smallest absolute Gasteiger partial charge is 0.434 e. The molecule has 0 fully saturated rings. The fourth-order valence-corrected chi connectivity index (χ4v) is 1.78. The molecule has 6 nitrogen and oxygen atoms in total. The average Bonchev–Trinajstić information content (AvgIpc) is 2.34. The minimum absolute atomic E-state index is 0.552. The van der Waals surface area contributed by atoms with Gasteiger partial charge in [-0.2, -0.15) is 13.2 Å². The zero-order chi connectivity index (χ0) is 16.5. The summed E-state index contributed by atoms with van der Waals surface area (Å²) in [4.78, 5) is 22.9. The Morgan fingerprint density at radius 2 is 1.95 bits per heavy atom. The molecule has 1 aromatic heterocycles. The third kappa shape index (κ3) is 3.06. The van der Waals surface area contributed by atoms with Crippen LogP contribution in [0.15, 0.2) is 0 Å². The predicted molar refractivity (Wildman–Crippen MR) is 57.2 cm³/mol. The molecule has 0 radical (unpaired) electrons. The van der Waals surface area contributed by atoms with E-state index in [0.29, 0.717) is 0 Å². The Morgan fingerprint density at radius 1 is 1.43 bits per heavy atom. The molecular weight excluding hydrogens is 307 g/mol. The maximum absolute atomic E-state index is 12.8. The van der Waals surface area contributed by atoms with Crippen LogP contribution in [0.5, 0.6) is 0 Å². The Kier molecular flexibility index (Phi) is 4.44. The molecule has 1 rings (SSSR count). The van der Waals surface area contributed by atoms with Crippen molar-refractivity contribution in [1.82, 2.24) is 4.98 Å². The van der Waals surface area contributed by atoms with Gasteiger partial charge in [-0.3, -0.25) is 10.1 Å². The summed E-state index contributed by atoms with van der Waals surface area (Å²) in [6.07, 6.45) is -9.54. The van der Waals surface area contributed by atoms with E-state index in [0.717, 1.165) is 6.92 Å². The first-order valence-corrected chi connectivity index (χ1v) is 5.32. The monoisotopic (exact) mass is 314 g/mol. The highest BCUT2D eigenvalue weighted by molar-refractivity contribution is 5.92. The van der Waals surface area contributed by atoms with Gasteiger partial charge in [-0.25, -0.2) is 18.6 Å². The van der Waals surface area contributed by atoms with Crippen LogP contribution in [0.3, 0.4) is 0 Å². The molecule has 0 aromatic carbocycles. The van der Waals surface area contributed by atoms with E-state index >= 15 is 0 Å². The van der Waals surface area contributed by atoms with Crippen molar-refractivity contribution < 1.29 is 36.8 Å². The molecule has 0 atom stereocenters. The third-order valence-corrected chi connectivity index (χ3v) is 2.52. The molecule has 116 valence electrons. The second kappa shape index (κ2) is 5.58. The molecule has 0 aliphatic carbocycles. The zero-order valence-electron chi connectivity index (χ0n) is 10.2. The van der Waals surface area contributed by atoms with Gasteiger partial charge < -0.3 is 5.11 Å². The van der Waals surface area contributed by atoms with Gasteiger partial charge in [0, 0.05) is 5.56 Å². The highest BCUT2D eigenvalue weighted by atomic mass is 19.4. The number of pyridine rings is 1. The lowest BCUT2D eigenvalue weighted by Gasteiger charge is -2.15. The lowest BCUT2D eigenvalue weighted by molar-refractivity contribution is -0.387. The van der Waals surface area contributed by atoms with Gasteiger partial charge in [-0.1, -0.05) is 6.92 Å². The summed E-state index contributed by atoms with van der Waals surface area (Å²) >= 11 is 0. The van der Waals surface area contributed by atoms with E-state index in [-0.39, 0.29) is 0 Å². The molecule has 11 heteroatoms. The molecule has 1 N–H and O–H groups in total. The summed E-state index contributed by atoms with van der Waals surface area (Å²) in [7, 11) is 0. The first-order chi connectivity index (χ1) is 9.52. The highest BCUT2D eigenvalue weighted by Gasteiger charge is 2.43. The van der Waals surface area contributed by atoms with Gasteiger partial charge in [0.1, 0.15) is 5.56 Å².